The second-order valence-corrected chi connectivity index (χ2v) is 4.72. The van der Waals surface area contributed by atoms with E-state index < -0.39 is 0 Å². The molecule has 0 aromatic heterocycles. The van der Waals surface area contributed by atoms with Crippen LogP contribution in [0.15, 0.2) is 42.5 Å². The molecule has 0 radical (unpaired) electrons. The highest BCUT2D eigenvalue weighted by Gasteiger charge is 2.29. The van der Waals surface area contributed by atoms with Gasteiger partial charge in [-0.2, -0.15) is 0 Å². The van der Waals surface area contributed by atoms with Gasteiger partial charge in [0.2, 0.25) is 0 Å². The molecule has 0 heterocycles. The molecule has 0 spiro atoms. The summed E-state index contributed by atoms with van der Waals surface area (Å²) in [6.45, 7) is 0. The molecule has 16 heavy (non-hydrogen) atoms. The molecule has 82 valence electrons. The molecule has 1 nitrogen and oxygen atoms in total. The van der Waals surface area contributed by atoms with Crippen LogP contribution in [0.4, 0.5) is 0 Å². The Morgan fingerprint density at radius 1 is 1.00 bits per heavy atom. The molecular weight excluding hydrogens is 194 g/mol. The summed E-state index contributed by atoms with van der Waals surface area (Å²) >= 11 is 0. The third-order valence-electron chi connectivity index (χ3n) is 3.81. The highest BCUT2D eigenvalue weighted by atomic mass is 14.9. The summed E-state index contributed by atoms with van der Waals surface area (Å²) in [7, 11) is 2.06. The van der Waals surface area contributed by atoms with Gasteiger partial charge in [0.25, 0.3) is 0 Å². The van der Waals surface area contributed by atoms with Crippen molar-refractivity contribution in [2.45, 2.75) is 24.8 Å². The molecule has 0 atom stereocenters. The van der Waals surface area contributed by atoms with Gasteiger partial charge in [0, 0.05) is 6.04 Å². The number of hydrogen-bond acceptors (Lipinski definition) is 1. The van der Waals surface area contributed by atoms with E-state index in [1.165, 1.54) is 29.2 Å². The summed E-state index contributed by atoms with van der Waals surface area (Å²) in [6, 6.07) is 16.1. The standard InChI is InChI=1S/C15H17N/c1-16-13-9-12(10-13)15-8-4-6-11-5-2-3-7-14(11)15/h2-8,12-13,16H,9-10H2,1H3. The minimum absolute atomic E-state index is 0.726. The van der Waals surface area contributed by atoms with E-state index >= 15 is 0 Å². The van der Waals surface area contributed by atoms with Gasteiger partial charge in [0.05, 0.1) is 0 Å². The highest BCUT2D eigenvalue weighted by Crippen LogP contribution is 2.39. The molecule has 1 fully saturated rings. The summed E-state index contributed by atoms with van der Waals surface area (Å²) in [5, 5.41) is 6.15. The van der Waals surface area contributed by atoms with Crippen molar-refractivity contribution in [3.8, 4) is 0 Å². The SMILES string of the molecule is CNC1CC(c2cccc3ccccc23)C1. The van der Waals surface area contributed by atoms with Crippen LogP contribution in [0, 0.1) is 0 Å². The molecule has 2 aromatic carbocycles. The maximum atomic E-state index is 3.35. The van der Waals surface area contributed by atoms with E-state index in [0.717, 1.165) is 12.0 Å². The molecule has 0 bridgehead atoms. The summed E-state index contributed by atoms with van der Waals surface area (Å²) in [5.74, 6) is 0.753. The van der Waals surface area contributed by atoms with Gasteiger partial charge in [-0.3, -0.25) is 0 Å². The Kier molecular flexibility index (Phi) is 2.41. The molecule has 0 amide bonds. The van der Waals surface area contributed by atoms with Gasteiger partial charge < -0.3 is 5.32 Å². The Labute approximate surface area is 96.5 Å². The van der Waals surface area contributed by atoms with Gasteiger partial charge in [-0.25, -0.2) is 0 Å². The summed E-state index contributed by atoms with van der Waals surface area (Å²) in [6.07, 6.45) is 2.56. The van der Waals surface area contributed by atoms with E-state index in [4.69, 9.17) is 0 Å². The minimum atomic E-state index is 0.726. The van der Waals surface area contributed by atoms with E-state index in [1.54, 1.807) is 0 Å². The van der Waals surface area contributed by atoms with Gasteiger partial charge in [-0.15, -0.1) is 0 Å². The van der Waals surface area contributed by atoms with Crippen molar-refractivity contribution < 1.29 is 0 Å². The van der Waals surface area contributed by atoms with Crippen LogP contribution in [0.5, 0.6) is 0 Å². The summed E-state index contributed by atoms with van der Waals surface area (Å²) in [5.41, 5.74) is 1.53. The fourth-order valence-electron chi connectivity index (χ4n) is 2.71. The molecule has 2 aromatic rings. The zero-order valence-electron chi connectivity index (χ0n) is 9.61. The number of fused-ring (bicyclic) bond motifs is 1. The van der Waals surface area contributed by atoms with Crippen LogP contribution in [0.2, 0.25) is 0 Å². The lowest BCUT2D eigenvalue weighted by molar-refractivity contribution is 0.309. The molecule has 1 saturated carbocycles. The highest BCUT2D eigenvalue weighted by molar-refractivity contribution is 5.86. The normalized spacial score (nSPS) is 24.3. The molecule has 1 N–H and O–H groups in total. The molecule has 1 aliphatic carbocycles. The Bertz CT molecular complexity index is 492. The Morgan fingerprint density at radius 2 is 1.75 bits per heavy atom. The van der Waals surface area contributed by atoms with Crippen LogP contribution >= 0.6 is 0 Å². The van der Waals surface area contributed by atoms with Crippen molar-refractivity contribution in [3.05, 3.63) is 48.0 Å². The third kappa shape index (κ3) is 1.52. The van der Waals surface area contributed by atoms with E-state index in [-0.39, 0.29) is 0 Å². The van der Waals surface area contributed by atoms with Crippen molar-refractivity contribution in [1.29, 1.82) is 0 Å². The topological polar surface area (TPSA) is 12.0 Å². The van der Waals surface area contributed by atoms with Gasteiger partial charge in [0.15, 0.2) is 0 Å². The predicted molar refractivity (Wildman–Crippen MR) is 68.8 cm³/mol. The lowest BCUT2D eigenvalue weighted by Gasteiger charge is -2.36. The number of hydrogen-bond donors (Lipinski definition) is 1. The van der Waals surface area contributed by atoms with E-state index in [9.17, 15) is 0 Å². The van der Waals surface area contributed by atoms with Crippen molar-refractivity contribution in [3.63, 3.8) is 0 Å². The van der Waals surface area contributed by atoms with Crippen molar-refractivity contribution in [2.75, 3.05) is 7.05 Å². The lowest BCUT2D eigenvalue weighted by atomic mass is 9.74. The molecule has 1 aliphatic rings. The molecular formula is C15H17N. The molecule has 0 saturated heterocycles. The number of benzene rings is 2. The molecule has 1 heteroatoms. The van der Waals surface area contributed by atoms with Crippen LogP contribution in [0.3, 0.4) is 0 Å². The van der Waals surface area contributed by atoms with Crippen LogP contribution in [0.1, 0.15) is 24.3 Å². The lowest BCUT2D eigenvalue weighted by Crippen LogP contribution is -2.37. The summed E-state index contributed by atoms with van der Waals surface area (Å²) < 4.78 is 0. The van der Waals surface area contributed by atoms with Gasteiger partial charge in [-0.05, 0) is 42.1 Å². The minimum Gasteiger partial charge on any atom is -0.317 e. The summed E-state index contributed by atoms with van der Waals surface area (Å²) in [4.78, 5) is 0. The van der Waals surface area contributed by atoms with Gasteiger partial charge >= 0.3 is 0 Å². The number of nitrogens with one attached hydrogen (secondary N) is 1. The first-order chi connectivity index (χ1) is 7.88. The maximum absolute atomic E-state index is 3.35. The van der Waals surface area contributed by atoms with Crippen LogP contribution in [0.25, 0.3) is 10.8 Å². The van der Waals surface area contributed by atoms with Crippen LogP contribution in [-0.4, -0.2) is 13.1 Å². The molecule has 3 rings (SSSR count). The zero-order valence-corrected chi connectivity index (χ0v) is 9.61. The Hall–Kier alpha value is -1.34. The Morgan fingerprint density at radius 3 is 2.56 bits per heavy atom. The average Bonchev–Trinajstić information content (AvgIpc) is 2.28. The molecule has 0 unspecified atom stereocenters. The Balaban J connectivity index is 1.98. The predicted octanol–water partition coefficient (Wildman–Crippen LogP) is 3.31. The van der Waals surface area contributed by atoms with Crippen LogP contribution in [-0.2, 0) is 0 Å². The first kappa shape index (κ1) is 9.86. The first-order valence-electron chi connectivity index (χ1n) is 6.03. The van der Waals surface area contributed by atoms with E-state index in [0.29, 0.717) is 0 Å². The third-order valence-corrected chi connectivity index (χ3v) is 3.81. The quantitative estimate of drug-likeness (QED) is 0.803. The average molecular weight is 211 g/mol. The van der Waals surface area contributed by atoms with Gasteiger partial charge in [0.1, 0.15) is 0 Å². The van der Waals surface area contributed by atoms with Crippen LogP contribution < -0.4 is 5.32 Å². The second-order valence-electron chi connectivity index (χ2n) is 4.72. The molecule has 0 aliphatic heterocycles. The largest absolute Gasteiger partial charge is 0.317 e. The van der Waals surface area contributed by atoms with E-state index in [2.05, 4.69) is 54.8 Å². The van der Waals surface area contributed by atoms with E-state index in [1.807, 2.05) is 0 Å². The van der Waals surface area contributed by atoms with Crippen molar-refractivity contribution in [2.24, 2.45) is 0 Å². The maximum Gasteiger partial charge on any atom is 0.00757 e. The van der Waals surface area contributed by atoms with Crippen molar-refractivity contribution >= 4 is 10.8 Å². The number of rotatable bonds is 2. The fraction of sp³-hybridized carbons (Fsp3) is 0.333. The van der Waals surface area contributed by atoms with Gasteiger partial charge in [-0.1, -0.05) is 42.5 Å². The first-order valence-corrected chi connectivity index (χ1v) is 6.03. The van der Waals surface area contributed by atoms with Crippen molar-refractivity contribution in [1.82, 2.24) is 5.32 Å². The fourth-order valence-corrected chi connectivity index (χ4v) is 2.71. The monoisotopic (exact) mass is 211 g/mol. The second kappa shape index (κ2) is 3.91. The smallest absolute Gasteiger partial charge is 0.00757 e. The zero-order chi connectivity index (χ0) is 11.0.